The Hall–Kier alpha value is -2.14. The van der Waals surface area contributed by atoms with Gasteiger partial charge in [0.15, 0.2) is 0 Å². The molecule has 0 bridgehead atoms. The number of thiophene rings is 1. The summed E-state index contributed by atoms with van der Waals surface area (Å²) in [4.78, 5) is 24.4. The van der Waals surface area contributed by atoms with E-state index in [4.69, 9.17) is 0 Å². The Labute approximate surface area is 121 Å². The van der Waals surface area contributed by atoms with Crippen LogP contribution in [0.4, 0.5) is 5.69 Å². The van der Waals surface area contributed by atoms with Crippen molar-refractivity contribution in [3.05, 3.63) is 51.2 Å². The molecule has 20 heavy (non-hydrogen) atoms. The molecule has 0 saturated heterocycles. The van der Waals surface area contributed by atoms with Crippen molar-refractivity contribution in [3.63, 3.8) is 0 Å². The predicted octanol–water partition coefficient (Wildman–Crippen LogP) is 3.40. The molecule has 0 radical (unpaired) electrons. The number of hydrogen-bond acceptors (Lipinski definition) is 4. The van der Waals surface area contributed by atoms with E-state index in [0.29, 0.717) is 16.1 Å². The van der Waals surface area contributed by atoms with Gasteiger partial charge in [-0.3, -0.25) is 4.79 Å². The summed E-state index contributed by atoms with van der Waals surface area (Å²) in [5.74, 6) is -0.588. The molecule has 0 aliphatic rings. The number of aryl methyl sites for hydroxylation is 2. The molecular weight excluding hydrogens is 274 g/mol. The Kier molecular flexibility index (Phi) is 4.20. The van der Waals surface area contributed by atoms with Gasteiger partial charge in [0.2, 0.25) is 0 Å². The number of carbonyl (C=O) groups excluding carboxylic acids is 2. The van der Waals surface area contributed by atoms with Gasteiger partial charge in [0.05, 0.1) is 17.6 Å². The van der Waals surface area contributed by atoms with E-state index in [2.05, 4.69) is 10.1 Å². The van der Waals surface area contributed by atoms with Crippen molar-refractivity contribution in [3.8, 4) is 0 Å². The molecule has 0 aliphatic carbocycles. The van der Waals surface area contributed by atoms with E-state index in [1.807, 2.05) is 25.3 Å². The lowest BCUT2D eigenvalue weighted by Gasteiger charge is -2.09. The second kappa shape index (κ2) is 5.88. The largest absolute Gasteiger partial charge is 0.465 e. The first-order valence-corrected chi connectivity index (χ1v) is 6.95. The molecule has 1 amide bonds. The van der Waals surface area contributed by atoms with Crippen LogP contribution in [-0.4, -0.2) is 19.0 Å². The van der Waals surface area contributed by atoms with Crippen LogP contribution in [0.25, 0.3) is 0 Å². The zero-order chi connectivity index (χ0) is 14.7. The van der Waals surface area contributed by atoms with Gasteiger partial charge < -0.3 is 10.1 Å². The van der Waals surface area contributed by atoms with Gasteiger partial charge in [-0.15, -0.1) is 11.3 Å². The number of hydrogen-bond donors (Lipinski definition) is 1. The third-order valence-electron chi connectivity index (χ3n) is 2.98. The number of amides is 1. The molecule has 104 valence electrons. The molecule has 5 heteroatoms. The highest BCUT2D eigenvalue weighted by atomic mass is 32.1. The van der Waals surface area contributed by atoms with Crippen LogP contribution in [0.15, 0.2) is 29.6 Å². The number of methoxy groups -OCH3 is 1. The standard InChI is InChI=1S/C15H15NO3S/c1-9-4-5-11(15(18)19-3)8-12(9)16-14(17)13-10(2)6-7-20-13/h4-8H,1-3H3,(H,16,17). The molecule has 0 atom stereocenters. The van der Waals surface area contributed by atoms with Crippen LogP contribution < -0.4 is 5.32 Å². The van der Waals surface area contributed by atoms with Crippen LogP contribution in [0.2, 0.25) is 0 Å². The monoisotopic (exact) mass is 289 g/mol. The number of ether oxygens (including phenoxy) is 1. The Bertz CT molecular complexity index is 661. The van der Waals surface area contributed by atoms with Gasteiger partial charge in [-0.25, -0.2) is 4.79 Å². The molecule has 1 heterocycles. The molecule has 1 aromatic heterocycles. The summed E-state index contributed by atoms with van der Waals surface area (Å²) in [6.45, 7) is 3.76. The summed E-state index contributed by atoms with van der Waals surface area (Å²) in [6, 6.07) is 6.98. The molecular formula is C15H15NO3S. The third-order valence-corrected chi connectivity index (χ3v) is 3.99. The smallest absolute Gasteiger partial charge is 0.337 e. The van der Waals surface area contributed by atoms with E-state index in [1.165, 1.54) is 18.4 Å². The molecule has 1 N–H and O–H groups in total. The Balaban J connectivity index is 2.27. The van der Waals surface area contributed by atoms with Crippen molar-refractivity contribution in [1.82, 2.24) is 0 Å². The number of carbonyl (C=O) groups is 2. The maximum atomic E-state index is 12.2. The SMILES string of the molecule is COC(=O)c1ccc(C)c(NC(=O)c2sccc2C)c1. The van der Waals surface area contributed by atoms with Gasteiger partial charge >= 0.3 is 5.97 Å². The summed E-state index contributed by atoms with van der Waals surface area (Å²) >= 11 is 1.39. The third kappa shape index (κ3) is 2.88. The van der Waals surface area contributed by atoms with Crippen LogP contribution in [0.3, 0.4) is 0 Å². The number of nitrogens with one attached hydrogen (secondary N) is 1. The van der Waals surface area contributed by atoms with Gasteiger partial charge in [-0.1, -0.05) is 6.07 Å². The Morgan fingerprint density at radius 3 is 2.50 bits per heavy atom. The first kappa shape index (κ1) is 14.3. The van der Waals surface area contributed by atoms with Crippen LogP contribution in [0.5, 0.6) is 0 Å². The fourth-order valence-corrected chi connectivity index (χ4v) is 2.61. The predicted molar refractivity (Wildman–Crippen MR) is 79.5 cm³/mol. The fraction of sp³-hybridized carbons (Fsp3) is 0.200. The minimum absolute atomic E-state index is 0.164. The van der Waals surface area contributed by atoms with Crippen molar-refractivity contribution in [2.24, 2.45) is 0 Å². The van der Waals surface area contributed by atoms with E-state index in [1.54, 1.807) is 18.2 Å². The number of anilines is 1. The normalized spacial score (nSPS) is 10.2. The Morgan fingerprint density at radius 1 is 1.15 bits per heavy atom. The van der Waals surface area contributed by atoms with Crippen molar-refractivity contribution in [2.45, 2.75) is 13.8 Å². The van der Waals surface area contributed by atoms with Crippen LogP contribution in [0.1, 0.15) is 31.2 Å². The Morgan fingerprint density at radius 2 is 1.90 bits per heavy atom. The van der Waals surface area contributed by atoms with Crippen LogP contribution in [-0.2, 0) is 4.74 Å². The first-order valence-electron chi connectivity index (χ1n) is 6.07. The van der Waals surface area contributed by atoms with Gasteiger partial charge in [-0.05, 0) is 48.6 Å². The van der Waals surface area contributed by atoms with Crippen molar-refractivity contribution in [1.29, 1.82) is 0 Å². The van der Waals surface area contributed by atoms with Crippen molar-refractivity contribution < 1.29 is 14.3 Å². The highest BCUT2D eigenvalue weighted by molar-refractivity contribution is 7.12. The summed E-state index contributed by atoms with van der Waals surface area (Å²) in [5.41, 5.74) is 2.86. The molecule has 0 saturated carbocycles. The summed E-state index contributed by atoms with van der Waals surface area (Å²) in [5, 5.41) is 4.71. The second-order valence-electron chi connectivity index (χ2n) is 4.41. The maximum Gasteiger partial charge on any atom is 0.337 e. The number of benzene rings is 1. The number of esters is 1. The molecule has 1 aromatic carbocycles. The highest BCUT2D eigenvalue weighted by Crippen LogP contribution is 2.21. The zero-order valence-corrected chi connectivity index (χ0v) is 12.3. The molecule has 4 nitrogen and oxygen atoms in total. The quantitative estimate of drug-likeness (QED) is 0.881. The van der Waals surface area contributed by atoms with E-state index in [9.17, 15) is 9.59 Å². The lowest BCUT2D eigenvalue weighted by atomic mass is 10.1. The molecule has 0 aliphatic heterocycles. The van der Waals surface area contributed by atoms with E-state index in [-0.39, 0.29) is 5.91 Å². The molecule has 0 unspecified atom stereocenters. The van der Waals surface area contributed by atoms with Crippen LogP contribution >= 0.6 is 11.3 Å². The molecule has 2 aromatic rings. The van der Waals surface area contributed by atoms with Crippen LogP contribution in [0, 0.1) is 13.8 Å². The summed E-state index contributed by atoms with van der Waals surface area (Å²) in [6.07, 6.45) is 0. The lowest BCUT2D eigenvalue weighted by Crippen LogP contribution is -2.13. The minimum atomic E-state index is -0.423. The zero-order valence-electron chi connectivity index (χ0n) is 11.5. The second-order valence-corrected chi connectivity index (χ2v) is 5.32. The number of rotatable bonds is 3. The van der Waals surface area contributed by atoms with Gasteiger partial charge in [-0.2, -0.15) is 0 Å². The van der Waals surface area contributed by atoms with Gasteiger partial charge in [0, 0.05) is 5.69 Å². The van der Waals surface area contributed by atoms with Gasteiger partial charge in [0.1, 0.15) is 0 Å². The molecule has 0 spiro atoms. The average Bonchev–Trinajstić information content (AvgIpc) is 2.86. The molecule has 0 fully saturated rings. The minimum Gasteiger partial charge on any atom is -0.465 e. The fourth-order valence-electron chi connectivity index (χ4n) is 1.79. The highest BCUT2D eigenvalue weighted by Gasteiger charge is 2.13. The first-order chi connectivity index (χ1) is 9.52. The van der Waals surface area contributed by atoms with E-state index in [0.717, 1.165) is 11.1 Å². The summed E-state index contributed by atoms with van der Waals surface area (Å²) in [7, 11) is 1.33. The van der Waals surface area contributed by atoms with E-state index >= 15 is 0 Å². The van der Waals surface area contributed by atoms with E-state index < -0.39 is 5.97 Å². The van der Waals surface area contributed by atoms with Crippen molar-refractivity contribution in [2.75, 3.05) is 12.4 Å². The maximum absolute atomic E-state index is 12.2. The molecule has 2 rings (SSSR count). The summed E-state index contributed by atoms with van der Waals surface area (Å²) < 4.78 is 4.68. The topological polar surface area (TPSA) is 55.4 Å². The van der Waals surface area contributed by atoms with Gasteiger partial charge in [0.25, 0.3) is 5.91 Å². The van der Waals surface area contributed by atoms with Crippen molar-refractivity contribution >= 4 is 28.9 Å². The average molecular weight is 289 g/mol. The lowest BCUT2D eigenvalue weighted by molar-refractivity contribution is 0.0600.